The molecular formula is C22H23N3O3S. The molecule has 0 amide bonds. The number of hydrogen-bond acceptors (Lipinski definition) is 6. The van der Waals surface area contributed by atoms with E-state index in [0.717, 1.165) is 31.3 Å². The Morgan fingerprint density at radius 2 is 1.90 bits per heavy atom. The van der Waals surface area contributed by atoms with Crippen molar-refractivity contribution < 1.29 is 13.2 Å². The topological polar surface area (TPSA) is 105 Å². The highest BCUT2D eigenvalue weighted by Crippen LogP contribution is 2.29. The molecule has 1 aliphatic heterocycles. The quantitative estimate of drug-likeness (QED) is 0.348. The smallest absolute Gasteiger partial charge is 0.224 e. The van der Waals surface area contributed by atoms with Gasteiger partial charge in [0.2, 0.25) is 9.84 Å². The normalized spacial score (nSPS) is 17.2. The molecule has 4 rings (SSSR count). The minimum absolute atomic E-state index is 0.0177. The fraction of sp³-hybridized carbons (Fsp3) is 0.227. The third-order valence-corrected chi connectivity index (χ3v) is 6.82. The second-order valence-electron chi connectivity index (χ2n) is 7.15. The summed E-state index contributed by atoms with van der Waals surface area (Å²) in [5.74, 6) is 0.515. The molecule has 6 nitrogen and oxygen atoms in total. The molecule has 1 atom stereocenters. The van der Waals surface area contributed by atoms with Gasteiger partial charge >= 0.3 is 0 Å². The van der Waals surface area contributed by atoms with Crippen molar-refractivity contribution in [1.29, 1.82) is 5.41 Å². The molecule has 0 spiro atoms. The lowest BCUT2D eigenvalue weighted by Crippen LogP contribution is -2.37. The predicted molar refractivity (Wildman–Crippen MR) is 115 cm³/mol. The fourth-order valence-electron chi connectivity index (χ4n) is 3.60. The van der Waals surface area contributed by atoms with Gasteiger partial charge in [-0.05, 0) is 49.0 Å². The van der Waals surface area contributed by atoms with E-state index in [1.54, 1.807) is 36.4 Å². The molecule has 4 N–H and O–H groups in total. The van der Waals surface area contributed by atoms with Gasteiger partial charge in [-0.3, -0.25) is 5.41 Å². The van der Waals surface area contributed by atoms with Crippen LogP contribution in [-0.4, -0.2) is 32.7 Å². The average Bonchev–Trinajstić information content (AvgIpc) is 2.75. The molecule has 29 heavy (non-hydrogen) atoms. The van der Waals surface area contributed by atoms with Gasteiger partial charge in [-0.1, -0.05) is 36.4 Å². The lowest BCUT2D eigenvalue weighted by Gasteiger charge is -2.24. The first-order chi connectivity index (χ1) is 14.0. The van der Waals surface area contributed by atoms with Crippen molar-refractivity contribution >= 4 is 31.3 Å². The van der Waals surface area contributed by atoms with Gasteiger partial charge in [0.15, 0.2) is 5.04 Å². The van der Waals surface area contributed by atoms with Gasteiger partial charge in [0.25, 0.3) is 0 Å². The number of nitrogens with two attached hydrogens (primary N) is 1. The van der Waals surface area contributed by atoms with Crippen LogP contribution >= 0.6 is 0 Å². The number of sulfone groups is 1. The number of rotatable bonds is 4. The highest BCUT2D eigenvalue weighted by Gasteiger charge is 2.27. The zero-order valence-electron chi connectivity index (χ0n) is 15.9. The van der Waals surface area contributed by atoms with Crippen molar-refractivity contribution in [3.63, 3.8) is 0 Å². The van der Waals surface area contributed by atoms with E-state index in [9.17, 15) is 8.42 Å². The molecular weight excluding hydrogens is 386 g/mol. The van der Waals surface area contributed by atoms with Crippen LogP contribution in [0, 0.1) is 5.41 Å². The summed E-state index contributed by atoms with van der Waals surface area (Å²) in [7, 11) is -4.06. The van der Waals surface area contributed by atoms with Gasteiger partial charge in [-0.2, -0.15) is 0 Å². The highest BCUT2D eigenvalue weighted by atomic mass is 32.2. The first kappa shape index (κ1) is 19.4. The lowest BCUT2D eigenvalue weighted by atomic mass is 10.1. The Balaban J connectivity index is 1.70. The molecule has 1 aliphatic rings. The van der Waals surface area contributed by atoms with Gasteiger partial charge in [0.1, 0.15) is 11.9 Å². The van der Waals surface area contributed by atoms with E-state index in [0.29, 0.717) is 11.1 Å². The van der Waals surface area contributed by atoms with Crippen LogP contribution in [0.5, 0.6) is 5.75 Å². The molecule has 1 fully saturated rings. The second-order valence-corrected chi connectivity index (χ2v) is 9.00. The monoisotopic (exact) mass is 409 g/mol. The van der Waals surface area contributed by atoms with Crippen molar-refractivity contribution in [1.82, 2.24) is 5.32 Å². The number of piperidine rings is 1. The fourth-order valence-corrected chi connectivity index (χ4v) is 5.02. The molecule has 1 heterocycles. The van der Waals surface area contributed by atoms with Gasteiger partial charge in [0, 0.05) is 23.2 Å². The lowest BCUT2D eigenvalue weighted by molar-refractivity contribution is 0.167. The molecule has 0 saturated carbocycles. The molecule has 3 aromatic rings. The molecule has 150 valence electrons. The Hall–Kier alpha value is -2.90. The Kier molecular flexibility index (Phi) is 5.25. The maximum atomic E-state index is 13.3. The minimum Gasteiger partial charge on any atom is -0.489 e. The van der Waals surface area contributed by atoms with E-state index in [1.165, 1.54) is 6.07 Å². The SMILES string of the molecule is N=C(c1cc(OC2CCCNC2)ccc1N)S(=O)(=O)c1cccc2ccccc12. The van der Waals surface area contributed by atoms with Crippen LogP contribution in [0.4, 0.5) is 5.69 Å². The van der Waals surface area contributed by atoms with Crippen LogP contribution in [0.25, 0.3) is 10.8 Å². The van der Waals surface area contributed by atoms with Crippen LogP contribution in [0.15, 0.2) is 65.6 Å². The Morgan fingerprint density at radius 1 is 1.10 bits per heavy atom. The van der Waals surface area contributed by atoms with Crippen molar-refractivity contribution in [3.05, 3.63) is 66.2 Å². The molecule has 0 aliphatic carbocycles. The molecule has 0 bridgehead atoms. The van der Waals surface area contributed by atoms with E-state index in [-0.39, 0.29) is 22.3 Å². The number of benzene rings is 3. The van der Waals surface area contributed by atoms with Gasteiger partial charge < -0.3 is 15.8 Å². The molecule has 1 unspecified atom stereocenters. The van der Waals surface area contributed by atoms with Gasteiger partial charge in [-0.25, -0.2) is 8.42 Å². The summed E-state index contributed by atoms with van der Waals surface area (Å²) in [5, 5.41) is 12.6. The standard InChI is InChI=1S/C22H23N3O3S/c23-20-11-10-16(28-17-7-4-12-25-14-17)13-19(20)22(24)29(26,27)21-9-3-6-15-5-1-2-8-18(15)21/h1-3,5-6,8-11,13,17,24-25H,4,7,12,14,23H2. The van der Waals surface area contributed by atoms with Crippen LogP contribution in [0.2, 0.25) is 0 Å². The number of nitrogens with one attached hydrogen (secondary N) is 2. The highest BCUT2D eigenvalue weighted by molar-refractivity contribution is 8.07. The Labute approximate surface area is 170 Å². The zero-order chi connectivity index (χ0) is 20.4. The predicted octanol–water partition coefficient (Wildman–Crippen LogP) is 3.35. The number of hydrogen-bond donors (Lipinski definition) is 3. The summed E-state index contributed by atoms with van der Waals surface area (Å²) < 4.78 is 32.5. The average molecular weight is 410 g/mol. The maximum Gasteiger partial charge on any atom is 0.224 e. The van der Waals surface area contributed by atoms with Crippen molar-refractivity contribution in [3.8, 4) is 5.75 Å². The van der Waals surface area contributed by atoms with Crippen LogP contribution in [-0.2, 0) is 9.84 Å². The summed E-state index contributed by atoms with van der Waals surface area (Å²) in [6, 6.07) is 17.1. The summed E-state index contributed by atoms with van der Waals surface area (Å²) in [6.07, 6.45) is 1.97. The van der Waals surface area contributed by atoms with Crippen LogP contribution in [0.3, 0.4) is 0 Å². The maximum absolute atomic E-state index is 13.3. The van der Waals surface area contributed by atoms with E-state index in [2.05, 4.69) is 5.32 Å². The summed E-state index contributed by atoms with van der Waals surface area (Å²) >= 11 is 0. The summed E-state index contributed by atoms with van der Waals surface area (Å²) in [6.45, 7) is 1.71. The third-order valence-electron chi connectivity index (χ3n) is 5.13. The largest absolute Gasteiger partial charge is 0.489 e. The van der Waals surface area contributed by atoms with Crippen molar-refractivity contribution in [2.45, 2.75) is 23.8 Å². The van der Waals surface area contributed by atoms with Crippen molar-refractivity contribution in [2.24, 2.45) is 0 Å². The number of fused-ring (bicyclic) bond motifs is 1. The molecule has 1 saturated heterocycles. The summed E-state index contributed by atoms with van der Waals surface area (Å²) in [5.41, 5.74) is 6.42. The van der Waals surface area contributed by atoms with E-state index in [4.69, 9.17) is 15.9 Å². The van der Waals surface area contributed by atoms with Crippen LogP contribution < -0.4 is 15.8 Å². The second kappa shape index (κ2) is 7.85. The molecule has 0 aromatic heterocycles. The number of nitrogen functional groups attached to an aromatic ring is 1. The minimum atomic E-state index is -4.06. The van der Waals surface area contributed by atoms with Crippen molar-refractivity contribution in [2.75, 3.05) is 18.8 Å². The van der Waals surface area contributed by atoms with Gasteiger partial charge in [-0.15, -0.1) is 0 Å². The Morgan fingerprint density at radius 3 is 2.69 bits per heavy atom. The first-order valence-electron chi connectivity index (χ1n) is 9.55. The number of anilines is 1. The molecule has 3 aromatic carbocycles. The molecule has 7 heteroatoms. The Bertz CT molecular complexity index is 1160. The van der Waals surface area contributed by atoms with E-state index < -0.39 is 14.9 Å². The summed E-state index contributed by atoms with van der Waals surface area (Å²) in [4.78, 5) is 0.0998. The van der Waals surface area contributed by atoms with E-state index in [1.807, 2.05) is 18.2 Å². The zero-order valence-corrected chi connectivity index (χ0v) is 16.7. The van der Waals surface area contributed by atoms with Gasteiger partial charge in [0.05, 0.1) is 4.90 Å². The van der Waals surface area contributed by atoms with E-state index >= 15 is 0 Å². The van der Waals surface area contributed by atoms with Crippen LogP contribution in [0.1, 0.15) is 18.4 Å². The first-order valence-corrected chi connectivity index (χ1v) is 11.0. The third kappa shape index (κ3) is 3.83. The molecule has 0 radical (unpaired) electrons. The number of ether oxygens (including phenoxy) is 1.